The van der Waals surface area contributed by atoms with Gasteiger partial charge in [-0.05, 0) is 36.3 Å². The van der Waals surface area contributed by atoms with Gasteiger partial charge in [0.05, 0.1) is 32.1 Å². The summed E-state index contributed by atoms with van der Waals surface area (Å²) in [5.41, 5.74) is 2.21. The van der Waals surface area contributed by atoms with Gasteiger partial charge in [-0.25, -0.2) is 4.99 Å². The molecule has 8 heteroatoms. The van der Waals surface area contributed by atoms with E-state index >= 15 is 0 Å². The fraction of sp³-hybridized carbons (Fsp3) is 0.320. The Labute approximate surface area is 198 Å². The van der Waals surface area contributed by atoms with Gasteiger partial charge < -0.3 is 14.4 Å². The van der Waals surface area contributed by atoms with Crippen LogP contribution >= 0.6 is 11.8 Å². The maximum absolute atomic E-state index is 13.2. The molecular formula is C25H27N3O4S. The van der Waals surface area contributed by atoms with Gasteiger partial charge in [0.15, 0.2) is 5.17 Å². The first-order valence-corrected chi connectivity index (χ1v) is 11.8. The molecule has 2 heterocycles. The molecule has 2 aliphatic rings. The Morgan fingerprint density at radius 3 is 2.67 bits per heavy atom. The normalized spacial score (nSPS) is 19.7. The van der Waals surface area contributed by atoms with E-state index in [-0.39, 0.29) is 23.7 Å². The standard InChI is InChI=1S/C25H27N3O4S/c1-18-15-27(12-13-32-18)23(29)17-33-25-26-22(14-19-8-10-21(31-2)11-9-19)24(30)28(25)16-20-6-4-3-5-7-20/h3-11,14,18H,12-13,15-17H2,1-2H3/b22-14-. The topological polar surface area (TPSA) is 71.4 Å². The van der Waals surface area contributed by atoms with E-state index in [1.165, 1.54) is 11.8 Å². The molecule has 2 aliphatic heterocycles. The van der Waals surface area contributed by atoms with Gasteiger partial charge in [-0.1, -0.05) is 54.2 Å². The number of hydrogen-bond acceptors (Lipinski definition) is 6. The number of hydrogen-bond donors (Lipinski definition) is 0. The molecule has 4 rings (SSSR count). The summed E-state index contributed by atoms with van der Waals surface area (Å²) in [6, 6.07) is 17.2. The Kier molecular flexibility index (Phi) is 7.47. The van der Waals surface area contributed by atoms with Crippen molar-refractivity contribution in [3.8, 4) is 5.75 Å². The van der Waals surface area contributed by atoms with Gasteiger partial charge in [-0.2, -0.15) is 0 Å². The van der Waals surface area contributed by atoms with E-state index in [0.717, 1.165) is 16.9 Å². The van der Waals surface area contributed by atoms with Crippen molar-refractivity contribution in [3.05, 3.63) is 71.4 Å². The highest BCUT2D eigenvalue weighted by Crippen LogP contribution is 2.26. The van der Waals surface area contributed by atoms with Gasteiger partial charge in [0, 0.05) is 13.1 Å². The van der Waals surface area contributed by atoms with E-state index in [4.69, 9.17) is 9.47 Å². The third-order valence-electron chi connectivity index (χ3n) is 5.43. The van der Waals surface area contributed by atoms with Crippen molar-refractivity contribution >= 4 is 34.8 Å². The maximum Gasteiger partial charge on any atom is 0.278 e. The number of amides is 2. The van der Waals surface area contributed by atoms with E-state index in [2.05, 4.69) is 4.99 Å². The molecule has 0 saturated carbocycles. The summed E-state index contributed by atoms with van der Waals surface area (Å²) in [4.78, 5) is 34.0. The molecule has 0 bridgehead atoms. The number of ether oxygens (including phenoxy) is 2. The van der Waals surface area contributed by atoms with Crippen molar-refractivity contribution in [1.29, 1.82) is 0 Å². The number of carbonyl (C=O) groups is 2. The van der Waals surface area contributed by atoms with Crippen molar-refractivity contribution < 1.29 is 19.1 Å². The lowest BCUT2D eigenvalue weighted by Crippen LogP contribution is -2.45. The van der Waals surface area contributed by atoms with Gasteiger partial charge in [-0.3, -0.25) is 14.5 Å². The molecule has 172 valence electrons. The number of thioether (sulfide) groups is 1. The average Bonchev–Trinajstić information content (AvgIpc) is 3.12. The van der Waals surface area contributed by atoms with Crippen LogP contribution in [0.2, 0.25) is 0 Å². The second kappa shape index (κ2) is 10.7. The maximum atomic E-state index is 13.2. The minimum atomic E-state index is -0.176. The number of carbonyl (C=O) groups excluding carboxylic acids is 2. The number of nitrogens with zero attached hydrogens (tertiary/aromatic N) is 3. The number of morpholine rings is 1. The zero-order chi connectivity index (χ0) is 23.2. The van der Waals surface area contributed by atoms with Crippen molar-refractivity contribution in [2.45, 2.75) is 19.6 Å². The smallest absolute Gasteiger partial charge is 0.278 e. The zero-order valence-electron chi connectivity index (χ0n) is 18.8. The van der Waals surface area contributed by atoms with E-state index < -0.39 is 0 Å². The summed E-state index contributed by atoms with van der Waals surface area (Å²) in [5, 5.41) is 0.540. The molecule has 7 nitrogen and oxygen atoms in total. The Morgan fingerprint density at radius 2 is 1.97 bits per heavy atom. The molecule has 0 N–H and O–H groups in total. The number of benzene rings is 2. The molecule has 33 heavy (non-hydrogen) atoms. The first-order chi connectivity index (χ1) is 16.0. The van der Waals surface area contributed by atoms with Gasteiger partial charge in [0.1, 0.15) is 11.4 Å². The molecule has 1 atom stereocenters. The SMILES string of the molecule is COc1ccc(/C=C2\N=C(SCC(=O)N3CCOC(C)C3)N(Cc3ccccc3)C2=O)cc1. The van der Waals surface area contributed by atoms with E-state index in [9.17, 15) is 9.59 Å². The number of rotatable bonds is 6. The highest BCUT2D eigenvalue weighted by molar-refractivity contribution is 8.14. The van der Waals surface area contributed by atoms with Gasteiger partial charge in [0.25, 0.3) is 5.91 Å². The predicted octanol–water partition coefficient (Wildman–Crippen LogP) is 3.42. The highest BCUT2D eigenvalue weighted by atomic mass is 32.2. The van der Waals surface area contributed by atoms with Crippen LogP contribution in [-0.4, -0.2) is 65.4 Å². The minimum absolute atomic E-state index is 0.0255. The molecule has 1 unspecified atom stereocenters. The van der Waals surface area contributed by atoms with Crippen LogP contribution in [0.3, 0.4) is 0 Å². The van der Waals surface area contributed by atoms with Crippen LogP contribution in [-0.2, 0) is 20.9 Å². The second-order valence-corrected chi connectivity index (χ2v) is 8.83. The van der Waals surface area contributed by atoms with Crippen LogP contribution in [0.5, 0.6) is 5.75 Å². The number of methoxy groups -OCH3 is 1. The van der Waals surface area contributed by atoms with E-state index in [1.807, 2.05) is 66.4 Å². The number of aliphatic imine (C=N–C) groups is 1. The minimum Gasteiger partial charge on any atom is -0.497 e. The van der Waals surface area contributed by atoms with Crippen LogP contribution in [0, 0.1) is 0 Å². The molecule has 0 aromatic heterocycles. The largest absolute Gasteiger partial charge is 0.497 e. The lowest BCUT2D eigenvalue weighted by Gasteiger charge is -2.31. The first-order valence-electron chi connectivity index (χ1n) is 10.9. The zero-order valence-corrected chi connectivity index (χ0v) is 19.6. The third-order valence-corrected chi connectivity index (χ3v) is 6.39. The van der Waals surface area contributed by atoms with Crippen LogP contribution in [0.25, 0.3) is 6.08 Å². The van der Waals surface area contributed by atoms with Crippen molar-refractivity contribution in [1.82, 2.24) is 9.80 Å². The lowest BCUT2D eigenvalue weighted by atomic mass is 10.1. The summed E-state index contributed by atoms with van der Waals surface area (Å²) < 4.78 is 10.7. The van der Waals surface area contributed by atoms with Crippen molar-refractivity contribution in [2.75, 3.05) is 32.6 Å². The van der Waals surface area contributed by atoms with E-state index in [0.29, 0.717) is 37.1 Å². The molecule has 0 aliphatic carbocycles. The Morgan fingerprint density at radius 1 is 1.21 bits per heavy atom. The van der Waals surface area contributed by atoms with Crippen LogP contribution < -0.4 is 4.74 Å². The van der Waals surface area contributed by atoms with Gasteiger partial charge in [-0.15, -0.1) is 0 Å². The first kappa shape index (κ1) is 23.1. The highest BCUT2D eigenvalue weighted by Gasteiger charge is 2.32. The quantitative estimate of drug-likeness (QED) is 0.612. The summed E-state index contributed by atoms with van der Waals surface area (Å²) in [5.74, 6) is 0.818. The molecular weight excluding hydrogens is 438 g/mol. The van der Waals surface area contributed by atoms with E-state index in [1.54, 1.807) is 18.1 Å². The van der Waals surface area contributed by atoms with Gasteiger partial charge in [0.2, 0.25) is 5.91 Å². The molecule has 2 aromatic carbocycles. The van der Waals surface area contributed by atoms with Crippen molar-refractivity contribution in [3.63, 3.8) is 0 Å². The molecule has 0 radical (unpaired) electrons. The second-order valence-electron chi connectivity index (χ2n) is 7.88. The van der Waals surface area contributed by atoms with Crippen LogP contribution in [0.4, 0.5) is 0 Å². The Balaban J connectivity index is 1.52. The van der Waals surface area contributed by atoms with Crippen LogP contribution in [0.1, 0.15) is 18.1 Å². The van der Waals surface area contributed by atoms with Gasteiger partial charge >= 0.3 is 0 Å². The summed E-state index contributed by atoms with van der Waals surface area (Å²) in [7, 11) is 1.61. The molecule has 1 fully saturated rings. The third kappa shape index (κ3) is 5.83. The summed E-state index contributed by atoms with van der Waals surface area (Å²) in [6.45, 7) is 4.08. The monoisotopic (exact) mass is 465 g/mol. The molecule has 2 amide bonds. The molecule has 1 saturated heterocycles. The van der Waals surface area contributed by atoms with Crippen LogP contribution in [0.15, 0.2) is 65.3 Å². The lowest BCUT2D eigenvalue weighted by molar-refractivity contribution is -0.135. The Bertz CT molecular complexity index is 1050. The summed E-state index contributed by atoms with van der Waals surface area (Å²) >= 11 is 1.30. The fourth-order valence-electron chi connectivity index (χ4n) is 3.67. The average molecular weight is 466 g/mol. The fourth-order valence-corrected chi connectivity index (χ4v) is 4.57. The molecule has 0 spiro atoms. The van der Waals surface area contributed by atoms with Crippen molar-refractivity contribution in [2.24, 2.45) is 4.99 Å². The summed E-state index contributed by atoms with van der Waals surface area (Å²) in [6.07, 6.45) is 1.80. The Hall–Kier alpha value is -3.10. The molecule has 2 aromatic rings. The number of amidine groups is 1. The predicted molar refractivity (Wildman–Crippen MR) is 130 cm³/mol.